The second-order valence-corrected chi connectivity index (χ2v) is 3.82. The molecule has 3 nitrogen and oxygen atoms in total. The van der Waals surface area contributed by atoms with Crippen LogP contribution < -0.4 is 4.65 Å². The highest BCUT2D eigenvalue weighted by Gasteiger charge is 2.02. The van der Waals surface area contributed by atoms with Crippen LogP contribution in [0.4, 0.5) is 0 Å². The standard InChI is InChI=1S/HNO2Si3/c1-4-2-6-3-5-1/h1H. The number of hydrogen-bond acceptors (Lipinski definition) is 3. The van der Waals surface area contributed by atoms with Crippen molar-refractivity contribution in [1.82, 2.24) is 4.65 Å². The van der Waals surface area contributed by atoms with Crippen molar-refractivity contribution in [2.45, 2.75) is 0 Å². The highest BCUT2D eigenvalue weighted by atomic mass is 28.4. The summed E-state index contributed by atoms with van der Waals surface area (Å²) in [4.78, 5) is 0. The summed E-state index contributed by atoms with van der Waals surface area (Å²) in [6.07, 6.45) is 0. The Morgan fingerprint density at radius 1 is 1.17 bits per heavy atom. The minimum Gasteiger partial charge on any atom is -0.422 e. The quantitative estimate of drug-likeness (QED) is 0.395. The van der Waals surface area contributed by atoms with Crippen molar-refractivity contribution in [2.75, 3.05) is 0 Å². The second kappa shape index (κ2) is 2.66. The Kier molecular flexibility index (Phi) is 2.08. The molecule has 1 aliphatic rings. The van der Waals surface area contributed by atoms with E-state index in [0.29, 0.717) is 19.8 Å². The zero-order valence-electron chi connectivity index (χ0n) is 2.82. The van der Waals surface area contributed by atoms with Gasteiger partial charge in [0.2, 0.25) is 0 Å². The van der Waals surface area contributed by atoms with E-state index in [-0.39, 0.29) is 10.0 Å². The van der Waals surface area contributed by atoms with Gasteiger partial charge in [-0.3, -0.25) is 0 Å². The molecular weight excluding hydrogens is 130 g/mol. The molecule has 1 saturated heterocycles. The maximum absolute atomic E-state index is 4.80. The van der Waals surface area contributed by atoms with Crippen molar-refractivity contribution in [3.05, 3.63) is 0 Å². The lowest BCUT2D eigenvalue weighted by atomic mass is 13.9. The minimum absolute atomic E-state index is 0.264. The lowest BCUT2D eigenvalue weighted by Gasteiger charge is -2.05. The summed E-state index contributed by atoms with van der Waals surface area (Å²) in [5.41, 5.74) is 0. The molecule has 0 aliphatic carbocycles. The normalized spacial score (nSPS) is 24.0. The van der Waals surface area contributed by atoms with Crippen LogP contribution in [0.3, 0.4) is 0 Å². The van der Waals surface area contributed by atoms with Crippen LogP contribution in [0, 0.1) is 0 Å². The molecular formula is HNO2Si3. The zero-order chi connectivity index (χ0) is 4.24. The summed E-state index contributed by atoms with van der Waals surface area (Å²) >= 11 is 0. The molecule has 6 heavy (non-hydrogen) atoms. The van der Waals surface area contributed by atoms with Gasteiger partial charge in [0.25, 0.3) is 0 Å². The van der Waals surface area contributed by atoms with E-state index in [1.54, 1.807) is 0 Å². The zero-order valence-corrected chi connectivity index (χ0v) is 5.82. The molecule has 30 valence electrons. The van der Waals surface area contributed by atoms with Crippen LogP contribution in [0.1, 0.15) is 0 Å². The molecule has 0 aromatic heterocycles. The number of hydrogen-bond donors (Lipinski definition) is 1. The molecule has 1 fully saturated rings. The van der Waals surface area contributed by atoms with Crippen LogP contribution in [0.5, 0.6) is 0 Å². The van der Waals surface area contributed by atoms with Crippen LogP contribution in [-0.2, 0) is 8.23 Å². The molecule has 1 N–H and O–H groups in total. The van der Waals surface area contributed by atoms with Crippen molar-refractivity contribution in [1.29, 1.82) is 0 Å². The molecule has 0 saturated carbocycles. The minimum atomic E-state index is 0.264. The fourth-order valence-electron chi connectivity index (χ4n) is 0.134. The summed E-state index contributed by atoms with van der Waals surface area (Å²) < 4.78 is 12.5. The molecule has 0 atom stereocenters. The van der Waals surface area contributed by atoms with E-state index >= 15 is 0 Å². The fraction of sp³-hybridized carbons (Fsp3) is 0. The average Bonchev–Trinajstić information content (AvgIpc) is 1.72. The molecule has 0 amide bonds. The third kappa shape index (κ3) is 1.32. The van der Waals surface area contributed by atoms with Gasteiger partial charge in [-0.1, -0.05) is 0 Å². The molecule has 0 aromatic carbocycles. The largest absolute Gasteiger partial charge is 0.422 e. The molecule has 1 aliphatic heterocycles. The van der Waals surface area contributed by atoms with Crippen molar-refractivity contribution >= 4 is 29.9 Å². The molecule has 1 rings (SSSR count). The Labute approximate surface area is 43.5 Å². The van der Waals surface area contributed by atoms with E-state index in [4.69, 9.17) is 8.23 Å². The molecule has 6 heteroatoms. The maximum Gasteiger partial charge on any atom is 0.411 e. The fourth-order valence-corrected chi connectivity index (χ4v) is 2.50. The van der Waals surface area contributed by atoms with Crippen molar-refractivity contribution < 1.29 is 8.23 Å². The SMILES string of the molecule is N1[Si]O[Si]O[Si]1. The van der Waals surface area contributed by atoms with Gasteiger partial charge in [0, 0.05) is 0 Å². The first-order valence-corrected chi connectivity index (χ1v) is 3.95. The summed E-state index contributed by atoms with van der Waals surface area (Å²) in [6.45, 7) is 0. The van der Waals surface area contributed by atoms with Crippen LogP contribution in [0.15, 0.2) is 0 Å². The summed E-state index contributed by atoms with van der Waals surface area (Å²) in [5, 5.41) is 0. The maximum atomic E-state index is 4.80. The Balaban J connectivity index is 2.00. The van der Waals surface area contributed by atoms with Crippen LogP contribution in [-0.4, -0.2) is 29.9 Å². The first-order chi connectivity index (χ1) is 3.00. The first-order valence-electron chi connectivity index (χ1n) is 1.32. The third-order valence-corrected chi connectivity index (χ3v) is 2.59. The molecule has 0 spiro atoms. The lowest BCUT2D eigenvalue weighted by molar-refractivity contribution is 0.465. The number of nitrogens with one attached hydrogen (secondary N) is 1. The summed E-state index contributed by atoms with van der Waals surface area (Å²) in [6, 6.07) is 0. The second-order valence-electron chi connectivity index (χ2n) is 0.617. The van der Waals surface area contributed by atoms with E-state index in [9.17, 15) is 0 Å². The van der Waals surface area contributed by atoms with Gasteiger partial charge in [0.05, 0.1) is 0 Å². The van der Waals surface area contributed by atoms with Crippen molar-refractivity contribution in [3.8, 4) is 0 Å². The van der Waals surface area contributed by atoms with Gasteiger partial charge in [0.1, 0.15) is 0 Å². The van der Waals surface area contributed by atoms with E-state index < -0.39 is 0 Å². The van der Waals surface area contributed by atoms with E-state index in [1.807, 2.05) is 0 Å². The molecule has 0 unspecified atom stereocenters. The van der Waals surface area contributed by atoms with Gasteiger partial charge >= 0.3 is 29.9 Å². The Morgan fingerprint density at radius 2 is 1.83 bits per heavy atom. The van der Waals surface area contributed by atoms with Gasteiger partial charge in [-0.05, 0) is 0 Å². The Hall–Kier alpha value is 0.531. The Bertz CT molecular complexity index is 24.3. The molecule has 1 heterocycles. The predicted octanol–water partition coefficient (Wildman–Crippen LogP) is -1.77. The molecule has 0 aromatic rings. The van der Waals surface area contributed by atoms with Gasteiger partial charge in [-0.2, -0.15) is 0 Å². The number of rotatable bonds is 0. The van der Waals surface area contributed by atoms with Crippen LogP contribution >= 0.6 is 0 Å². The predicted molar refractivity (Wildman–Crippen MR) is 22.6 cm³/mol. The van der Waals surface area contributed by atoms with Crippen molar-refractivity contribution in [2.24, 2.45) is 0 Å². The lowest BCUT2D eigenvalue weighted by Crippen LogP contribution is -2.36. The average molecular weight is 131 g/mol. The summed E-state index contributed by atoms with van der Waals surface area (Å²) in [5.74, 6) is 0. The third-order valence-electron chi connectivity index (χ3n) is 0.287. The highest BCUT2D eigenvalue weighted by Crippen LogP contribution is 1.70. The first kappa shape index (κ1) is 4.68. The van der Waals surface area contributed by atoms with Crippen molar-refractivity contribution in [3.63, 3.8) is 0 Å². The van der Waals surface area contributed by atoms with Crippen LogP contribution in [0.25, 0.3) is 0 Å². The molecule has 6 radical (unpaired) electrons. The highest BCUT2D eigenvalue weighted by molar-refractivity contribution is 6.55. The van der Waals surface area contributed by atoms with Gasteiger partial charge in [-0.25, -0.2) is 0 Å². The van der Waals surface area contributed by atoms with Gasteiger partial charge < -0.3 is 12.9 Å². The summed E-state index contributed by atoms with van der Waals surface area (Å²) in [7, 11) is 1.17. The monoisotopic (exact) mass is 131 g/mol. The van der Waals surface area contributed by atoms with Gasteiger partial charge in [-0.15, -0.1) is 0 Å². The smallest absolute Gasteiger partial charge is 0.411 e. The van der Waals surface area contributed by atoms with E-state index in [2.05, 4.69) is 4.65 Å². The van der Waals surface area contributed by atoms with E-state index in [0.717, 1.165) is 0 Å². The van der Waals surface area contributed by atoms with Gasteiger partial charge in [0.15, 0.2) is 0 Å². The van der Waals surface area contributed by atoms with E-state index in [1.165, 1.54) is 0 Å². The topological polar surface area (TPSA) is 30.5 Å². The molecule has 0 bridgehead atoms. The Morgan fingerprint density at radius 3 is 2.00 bits per heavy atom. The van der Waals surface area contributed by atoms with Crippen LogP contribution in [0.2, 0.25) is 0 Å².